The highest BCUT2D eigenvalue weighted by Gasteiger charge is 2.22. The Kier molecular flexibility index (Phi) is 4.40. The van der Waals surface area contributed by atoms with E-state index in [0.29, 0.717) is 11.1 Å². The molecular formula is C16H14ClFO2. The Bertz CT molecular complexity index is 623. The molecule has 0 saturated carbocycles. The third-order valence-corrected chi connectivity index (χ3v) is 3.53. The summed E-state index contributed by atoms with van der Waals surface area (Å²) in [6.45, 7) is 1.93. The number of carboxylic acid groups (broad SMARTS) is 1. The van der Waals surface area contributed by atoms with Crippen molar-refractivity contribution in [1.82, 2.24) is 0 Å². The SMILES string of the molecule is Cc1ccc(C(Cc2cccc(Cl)c2F)C(=O)O)cc1. The van der Waals surface area contributed by atoms with Gasteiger partial charge in [-0.1, -0.05) is 53.6 Å². The molecule has 104 valence electrons. The first-order valence-electron chi connectivity index (χ1n) is 6.21. The van der Waals surface area contributed by atoms with E-state index in [1.807, 2.05) is 19.1 Å². The van der Waals surface area contributed by atoms with Crippen molar-refractivity contribution in [3.63, 3.8) is 0 Å². The highest BCUT2D eigenvalue weighted by Crippen LogP contribution is 2.26. The van der Waals surface area contributed by atoms with E-state index in [1.54, 1.807) is 24.3 Å². The zero-order valence-electron chi connectivity index (χ0n) is 10.9. The van der Waals surface area contributed by atoms with Crippen molar-refractivity contribution in [2.45, 2.75) is 19.3 Å². The molecule has 1 atom stereocenters. The standard InChI is InChI=1S/C16H14ClFO2/c1-10-5-7-11(8-6-10)13(16(19)20)9-12-3-2-4-14(17)15(12)18/h2-8,13H,9H2,1H3,(H,19,20). The first-order chi connectivity index (χ1) is 9.49. The van der Waals surface area contributed by atoms with Gasteiger partial charge in [-0.05, 0) is 30.5 Å². The monoisotopic (exact) mass is 292 g/mol. The Morgan fingerprint density at radius 3 is 2.50 bits per heavy atom. The summed E-state index contributed by atoms with van der Waals surface area (Å²) in [5.41, 5.74) is 2.01. The van der Waals surface area contributed by atoms with Gasteiger partial charge in [-0.2, -0.15) is 0 Å². The maximum absolute atomic E-state index is 13.9. The molecule has 0 heterocycles. The van der Waals surface area contributed by atoms with E-state index >= 15 is 0 Å². The lowest BCUT2D eigenvalue weighted by Crippen LogP contribution is -2.15. The van der Waals surface area contributed by atoms with Gasteiger partial charge in [0.2, 0.25) is 0 Å². The van der Waals surface area contributed by atoms with Crippen molar-refractivity contribution < 1.29 is 14.3 Å². The summed E-state index contributed by atoms with van der Waals surface area (Å²) in [6.07, 6.45) is 0.0742. The quantitative estimate of drug-likeness (QED) is 0.917. The predicted molar refractivity (Wildman–Crippen MR) is 76.7 cm³/mol. The van der Waals surface area contributed by atoms with Gasteiger partial charge in [0.1, 0.15) is 5.82 Å². The van der Waals surface area contributed by atoms with Crippen LogP contribution in [0.4, 0.5) is 4.39 Å². The minimum atomic E-state index is -0.978. The Labute approximate surface area is 121 Å². The second-order valence-corrected chi connectivity index (χ2v) is 5.13. The first kappa shape index (κ1) is 14.5. The molecule has 0 aromatic heterocycles. The van der Waals surface area contributed by atoms with Crippen LogP contribution in [0.5, 0.6) is 0 Å². The summed E-state index contributed by atoms with van der Waals surface area (Å²) >= 11 is 5.72. The predicted octanol–water partition coefficient (Wildman–Crippen LogP) is 4.20. The molecule has 0 saturated heterocycles. The third kappa shape index (κ3) is 3.17. The van der Waals surface area contributed by atoms with Crippen LogP contribution < -0.4 is 0 Å². The van der Waals surface area contributed by atoms with E-state index in [1.165, 1.54) is 6.07 Å². The fourth-order valence-electron chi connectivity index (χ4n) is 2.07. The van der Waals surface area contributed by atoms with Crippen molar-refractivity contribution in [2.75, 3.05) is 0 Å². The second-order valence-electron chi connectivity index (χ2n) is 4.72. The molecule has 2 nitrogen and oxygen atoms in total. The largest absolute Gasteiger partial charge is 0.481 e. The Balaban J connectivity index is 2.33. The van der Waals surface area contributed by atoms with Gasteiger partial charge in [0.05, 0.1) is 10.9 Å². The molecule has 2 aromatic carbocycles. The van der Waals surface area contributed by atoms with E-state index in [2.05, 4.69) is 0 Å². The van der Waals surface area contributed by atoms with E-state index in [9.17, 15) is 14.3 Å². The summed E-state index contributed by atoms with van der Waals surface area (Å²) in [6, 6.07) is 11.8. The van der Waals surface area contributed by atoms with E-state index in [4.69, 9.17) is 11.6 Å². The fraction of sp³-hybridized carbons (Fsp3) is 0.188. The average molecular weight is 293 g/mol. The minimum absolute atomic E-state index is 0.00976. The van der Waals surface area contributed by atoms with Gasteiger partial charge in [0, 0.05) is 0 Å². The van der Waals surface area contributed by atoms with Gasteiger partial charge in [-0.15, -0.1) is 0 Å². The van der Waals surface area contributed by atoms with Crippen LogP contribution in [-0.4, -0.2) is 11.1 Å². The van der Waals surface area contributed by atoms with Gasteiger partial charge in [0.25, 0.3) is 0 Å². The number of rotatable bonds is 4. The molecule has 20 heavy (non-hydrogen) atoms. The molecule has 1 N–H and O–H groups in total. The zero-order chi connectivity index (χ0) is 14.7. The first-order valence-corrected chi connectivity index (χ1v) is 6.59. The number of hydrogen-bond acceptors (Lipinski definition) is 1. The lowest BCUT2D eigenvalue weighted by Gasteiger charge is -2.14. The number of aliphatic carboxylic acids is 1. The van der Waals surface area contributed by atoms with Gasteiger partial charge >= 0.3 is 5.97 Å². The van der Waals surface area contributed by atoms with Crippen LogP contribution in [0.2, 0.25) is 5.02 Å². The molecule has 0 aliphatic carbocycles. The molecule has 2 aromatic rings. The van der Waals surface area contributed by atoms with Gasteiger partial charge in [0.15, 0.2) is 0 Å². The van der Waals surface area contributed by atoms with Crippen LogP contribution in [0, 0.1) is 12.7 Å². The second kappa shape index (κ2) is 6.06. The van der Waals surface area contributed by atoms with Crippen molar-refractivity contribution in [1.29, 1.82) is 0 Å². The molecule has 4 heteroatoms. The summed E-state index contributed by atoms with van der Waals surface area (Å²) in [7, 11) is 0. The molecule has 0 aliphatic rings. The Morgan fingerprint density at radius 1 is 1.25 bits per heavy atom. The summed E-state index contributed by atoms with van der Waals surface area (Å²) in [5.74, 6) is -2.32. The number of carbonyl (C=O) groups is 1. The van der Waals surface area contributed by atoms with Crippen LogP contribution >= 0.6 is 11.6 Å². The molecule has 0 aliphatic heterocycles. The van der Waals surface area contributed by atoms with Crippen LogP contribution in [-0.2, 0) is 11.2 Å². The summed E-state index contributed by atoms with van der Waals surface area (Å²) in [4.78, 5) is 11.4. The Hall–Kier alpha value is -1.87. The lowest BCUT2D eigenvalue weighted by molar-refractivity contribution is -0.138. The number of aryl methyl sites for hydroxylation is 1. The van der Waals surface area contributed by atoms with Gasteiger partial charge in [-0.25, -0.2) is 4.39 Å². The van der Waals surface area contributed by atoms with Gasteiger partial charge < -0.3 is 5.11 Å². The molecule has 2 rings (SSSR count). The molecule has 0 bridgehead atoms. The maximum atomic E-state index is 13.9. The number of hydrogen-bond donors (Lipinski definition) is 1. The van der Waals surface area contributed by atoms with E-state index in [-0.39, 0.29) is 11.4 Å². The van der Waals surface area contributed by atoms with E-state index < -0.39 is 17.7 Å². The number of carboxylic acids is 1. The Morgan fingerprint density at radius 2 is 1.90 bits per heavy atom. The molecule has 0 radical (unpaired) electrons. The number of halogens is 2. The molecule has 0 spiro atoms. The van der Waals surface area contributed by atoms with Crippen molar-refractivity contribution >= 4 is 17.6 Å². The third-order valence-electron chi connectivity index (χ3n) is 3.23. The average Bonchev–Trinajstić information content (AvgIpc) is 2.41. The molecule has 0 amide bonds. The van der Waals surface area contributed by atoms with Crippen LogP contribution in [0.1, 0.15) is 22.6 Å². The smallest absolute Gasteiger partial charge is 0.311 e. The topological polar surface area (TPSA) is 37.3 Å². The highest BCUT2D eigenvalue weighted by molar-refractivity contribution is 6.30. The minimum Gasteiger partial charge on any atom is -0.481 e. The maximum Gasteiger partial charge on any atom is 0.311 e. The molecule has 1 unspecified atom stereocenters. The van der Waals surface area contributed by atoms with Crippen molar-refractivity contribution in [2.24, 2.45) is 0 Å². The summed E-state index contributed by atoms with van der Waals surface area (Å²) < 4.78 is 13.9. The molecular weight excluding hydrogens is 279 g/mol. The van der Waals surface area contributed by atoms with Crippen LogP contribution in [0.3, 0.4) is 0 Å². The lowest BCUT2D eigenvalue weighted by atomic mass is 9.91. The number of benzene rings is 2. The van der Waals surface area contributed by atoms with Crippen LogP contribution in [0.25, 0.3) is 0 Å². The fourth-order valence-corrected chi connectivity index (χ4v) is 2.27. The highest BCUT2D eigenvalue weighted by atomic mass is 35.5. The van der Waals surface area contributed by atoms with Crippen molar-refractivity contribution in [3.05, 3.63) is 70.0 Å². The van der Waals surface area contributed by atoms with Gasteiger partial charge in [-0.3, -0.25) is 4.79 Å². The van der Waals surface area contributed by atoms with E-state index in [0.717, 1.165) is 5.56 Å². The molecule has 0 fully saturated rings. The van der Waals surface area contributed by atoms with Crippen LogP contribution in [0.15, 0.2) is 42.5 Å². The summed E-state index contributed by atoms with van der Waals surface area (Å²) in [5, 5.41) is 9.37. The van der Waals surface area contributed by atoms with Crippen molar-refractivity contribution in [3.8, 4) is 0 Å². The zero-order valence-corrected chi connectivity index (χ0v) is 11.7. The normalized spacial score (nSPS) is 12.2.